The molecular formula is C14H21ClN2. The third kappa shape index (κ3) is 3.21. The Labute approximate surface area is 110 Å². The van der Waals surface area contributed by atoms with Gasteiger partial charge in [-0.1, -0.05) is 24.3 Å². The highest BCUT2D eigenvalue weighted by Crippen LogP contribution is 2.40. The average Bonchev–Trinajstić information content (AvgIpc) is 3.05. The maximum absolute atomic E-state index is 5.93. The molecule has 2 N–H and O–H groups in total. The smallest absolute Gasteiger partial charge is 0.0234 e. The second-order valence-corrected chi connectivity index (χ2v) is 5.30. The number of halogens is 1. The van der Waals surface area contributed by atoms with E-state index in [0.29, 0.717) is 6.04 Å². The van der Waals surface area contributed by atoms with E-state index < -0.39 is 0 Å². The molecule has 1 aromatic carbocycles. The fraction of sp³-hybridized carbons (Fsp3) is 0.571. The van der Waals surface area contributed by atoms with Crippen molar-refractivity contribution in [3.63, 3.8) is 0 Å². The molecule has 1 aliphatic heterocycles. The number of nitrogens with zero attached hydrogens (tertiary/aromatic N) is 1. The first-order valence-electron chi connectivity index (χ1n) is 6.38. The summed E-state index contributed by atoms with van der Waals surface area (Å²) < 4.78 is 0. The summed E-state index contributed by atoms with van der Waals surface area (Å²) in [5.74, 6) is 0.862. The van der Waals surface area contributed by atoms with Crippen LogP contribution in [0.1, 0.15) is 36.3 Å². The Balaban J connectivity index is 0.00000108. The Bertz CT molecular complexity index is 376. The van der Waals surface area contributed by atoms with Crippen LogP contribution in [-0.4, -0.2) is 24.0 Å². The maximum Gasteiger partial charge on any atom is 0.0234 e. The zero-order valence-electron chi connectivity index (χ0n) is 10.1. The highest BCUT2D eigenvalue weighted by molar-refractivity contribution is 5.85. The molecule has 1 atom stereocenters. The molecule has 0 aromatic heterocycles. The van der Waals surface area contributed by atoms with Gasteiger partial charge in [0.05, 0.1) is 0 Å². The Morgan fingerprint density at radius 2 is 2.06 bits per heavy atom. The van der Waals surface area contributed by atoms with E-state index in [1.54, 1.807) is 5.56 Å². The molecule has 1 aromatic rings. The monoisotopic (exact) mass is 252 g/mol. The highest BCUT2D eigenvalue weighted by atomic mass is 35.5. The first kappa shape index (κ1) is 12.9. The summed E-state index contributed by atoms with van der Waals surface area (Å²) in [6, 6.07) is 9.51. The quantitative estimate of drug-likeness (QED) is 0.896. The number of benzene rings is 1. The van der Waals surface area contributed by atoms with Crippen LogP contribution in [0, 0.1) is 0 Å². The Morgan fingerprint density at radius 3 is 2.71 bits per heavy atom. The van der Waals surface area contributed by atoms with E-state index in [2.05, 4.69) is 29.2 Å². The van der Waals surface area contributed by atoms with Gasteiger partial charge in [0.2, 0.25) is 0 Å². The predicted octanol–water partition coefficient (Wildman–Crippen LogP) is 2.52. The highest BCUT2D eigenvalue weighted by Gasteiger charge is 2.24. The number of rotatable bonds is 3. The molecule has 1 saturated carbocycles. The van der Waals surface area contributed by atoms with E-state index in [1.807, 2.05) is 0 Å². The van der Waals surface area contributed by atoms with Gasteiger partial charge in [0.1, 0.15) is 0 Å². The molecule has 0 amide bonds. The summed E-state index contributed by atoms with van der Waals surface area (Å²) >= 11 is 0. The van der Waals surface area contributed by atoms with Crippen LogP contribution < -0.4 is 5.73 Å². The standard InChI is InChI=1S/C14H20N2.ClH/c15-14-6-7-16(10-14)9-11-2-1-3-13(8-11)12-4-5-12;/h1-3,8,12,14H,4-7,9-10,15H2;1H. The lowest BCUT2D eigenvalue weighted by molar-refractivity contribution is 0.327. The fourth-order valence-corrected chi connectivity index (χ4v) is 2.63. The summed E-state index contributed by atoms with van der Waals surface area (Å²) in [5.41, 5.74) is 8.92. The van der Waals surface area contributed by atoms with Gasteiger partial charge in [-0.25, -0.2) is 0 Å². The molecule has 0 bridgehead atoms. The number of likely N-dealkylation sites (tertiary alicyclic amines) is 1. The number of hydrogen-bond acceptors (Lipinski definition) is 2. The van der Waals surface area contributed by atoms with Crippen LogP contribution in [0.25, 0.3) is 0 Å². The second-order valence-electron chi connectivity index (χ2n) is 5.30. The summed E-state index contributed by atoms with van der Waals surface area (Å²) in [7, 11) is 0. The van der Waals surface area contributed by atoms with Gasteiger partial charge in [-0.2, -0.15) is 0 Å². The molecule has 2 nitrogen and oxygen atoms in total. The van der Waals surface area contributed by atoms with Crippen molar-refractivity contribution in [3.05, 3.63) is 35.4 Å². The largest absolute Gasteiger partial charge is 0.326 e. The minimum atomic E-state index is 0. The van der Waals surface area contributed by atoms with Gasteiger partial charge in [-0.05, 0) is 36.3 Å². The van der Waals surface area contributed by atoms with Crippen molar-refractivity contribution in [2.75, 3.05) is 13.1 Å². The SMILES string of the molecule is Cl.NC1CCN(Cc2cccc(C3CC3)c2)C1. The van der Waals surface area contributed by atoms with E-state index >= 15 is 0 Å². The van der Waals surface area contributed by atoms with E-state index in [9.17, 15) is 0 Å². The Kier molecular flexibility index (Phi) is 4.08. The van der Waals surface area contributed by atoms with Crippen LogP contribution in [0.15, 0.2) is 24.3 Å². The van der Waals surface area contributed by atoms with Crippen molar-refractivity contribution < 1.29 is 0 Å². The fourth-order valence-electron chi connectivity index (χ4n) is 2.63. The average molecular weight is 253 g/mol. The van der Waals surface area contributed by atoms with Gasteiger partial charge < -0.3 is 5.73 Å². The second kappa shape index (κ2) is 5.38. The zero-order chi connectivity index (χ0) is 11.0. The van der Waals surface area contributed by atoms with Crippen LogP contribution in [0.2, 0.25) is 0 Å². The minimum absolute atomic E-state index is 0. The number of hydrogen-bond donors (Lipinski definition) is 1. The van der Waals surface area contributed by atoms with Crippen LogP contribution in [-0.2, 0) is 6.54 Å². The molecule has 0 spiro atoms. The van der Waals surface area contributed by atoms with Crippen molar-refractivity contribution in [1.82, 2.24) is 4.90 Å². The molecule has 3 heteroatoms. The topological polar surface area (TPSA) is 29.3 Å². The lowest BCUT2D eigenvalue weighted by atomic mass is 10.1. The first-order chi connectivity index (χ1) is 7.81. The van der Waals surface area contributed by atoms with Crippen molar-refractivity contribution in [1.29, 1.82) is 0 Å². The maximum atomic E-state index is 5.93. The van der Waals surface area contributed by atoms with Gasteiger partial charge >= 0.3 is 0 Å². The summed E-state index contributed by atoms with van der Waals surface area (Å²) in [6.07, 6.45) is 3.93. The molecular weight excluding hydrogens is 232 g/mol. The molecule has 2 fully saturated rings. The van der Waals surface area contributed by atoms with E-state index in [0.717, 1.165) is 32.0 Å². The molecule has 17 heavy (non-hydrogen) atoms. The van der Waals surface area contributed by atoms with Crippen molar-refractivity contribution in [2.45, 2.75) is 37.8 Å². The lowest BCUT2D eigenvalue weighted by Crippen LogP contribution is -2.26. The predicted molar refractivity (Wildman–Crippen MR) is 73.5 cm³/mol. The third-order valence-corrected chi connectivity index (χ3v) is 3.71. The van der Waals surface area contributed by atoms with E-state index in [4.69, 9.17) is 5.73 Å². The van der Waals surface area contributed by atoms with Crippen molar-refractivity contribution in [2.24, 2.45) is 5.73 Å². The van der Waals surface area contributed by atoms with Crippen LogP contribution in [0.3, 0.4) is 0 Å². The molecule has 3 rings (SSSR count). The Morgan fingerprint density at radius 1 is 1.24 bits per heavy atom. The minimum Gasteiger partial charge on any atom is -0.326 e. The van der Waals surface area contributed by atoms with Gasteiger partial charge in [0, 0.05) is 25.7 Å². The van der Waals surface area contributed by atoms with E-state index in [-0.39, 0.29) is 12.4 Å². The zero-order valence-corrected chi connectivity index (χ0v) is 11.0. The normalized spacial score (nSPS) is 24.6. The molecule has 1 saturated heterocycles. The van der Waals surface area contributed by atoms with Crippen LogP contribution in [0.5, 0.6) is 0 Å². The summed E-state index contributed by atoms with van der Waals surface area (Å²) in [6.45, 7) is 3.30. The van der Waals surface area contributed by atoms with Crippen LogP contribution in [0.4, 0.5) is 0 Å². The van der Waals surface area contributed by atoms with Gasteiger partial charge in [0.15, 0.2) is 0 Å². The Hall–Kier alpha value is -0.570. The summed E-state index contributed by atoms with van der Waals surface area (Å²) in [5, 5.41) is 0. The van der Waals surface area contributed by atoms with Gasteiger partial charge in [-0.3, -0.25) is 4.90 Å². The van der Waals surface area contributed by atoms with Crippen LogP contribution >= 0.6 is 12.4 Å². The van der Waals surface area contributed by atoms with Crippen molar-refractivity contribution >= 4 is 12.4 Å². The summed E-state index contributed by atoms with van der Waals surface area (Å²) in [4.78, 5) is 2.47. The van der Waals surface area contributed by atoms with E-state index in [1.165, 1.54) is 18.4 Å². The molecule has 1 unspecified atom stereocenters. The lowest BCUT2D eigenvalue weighted by Gasteiger charge is -2.15. The number of nitrogens with two attached hydrogens (primary N) is 1. The van der Waals surface area contributed by atoms with Crippen molar-refractivity contribution in [3.8, 4) is 0 Å². The molecule has 94 valence electrons. The third-order valence-electron chi connectivity index (χ3n) is 3.71. The molecule has 0 radical (unpaired) electrons. The van der Waals surface area contributed by atoms with Gasteiger partial charge in [-0.15, -0.1) is 12.4 Å². The molecule has 1 aliphatic carbocycles. The van der Waals surface area contributed by atoms with Gasteiger partial charge in [0.25, 0.3) is 0 Å². The molecule has 1 heterocycles. The first-order valence-corrected chi connectivity index (χ1v) is 6.38. The molecule has 2 aliphatic rings.